The lowest BCUT2D eigenvalue weighted by molar-refractivity contribution is -0.153. The Morgan fingerprint density at radius 3 is 1.28 bits per heavy atom. The molecule has 0 aromatic carbocycles. The van der Waals surface area contributed by atoms with E-state index in [0.717, 1.165) is 27.7 Å². The average Bonchev–Trinajstić information content (AvgIpc) is 2.11. The maximum absolute atomic E-state index is 11.0. The summed E-state index contributed by atoms with van der Waals surface area (Å²) >= 11 is 0. The van der Waals surface area contributed by atoms with Gasteiger partial charge in [-0.05, 0) is 0 Å². The molecule has 0 aliphatic rings. The summed E-state index contributed by atoms with van der Waals surface area (Å²) < 4.78 is 18.8. The normalized spacial score (nSPS) is 10.2. The lowest BCUT2D eigenvalue weighted by Crippen LogP contribution is -2.54. The molecule has 0 bridgehead atoms. The smallest absolute Gasteiger partial charge is 0.457 e. The topological polar surface area (TPSA) is 105 Å². The molecule has 8 nitrogen and oxygen atoms in total. The molecule has 0 heterocycles. The van der Waals surface area contributed by atoms with Crippen molar-refractivity contribution in [3.63, 3.8) is 0 Å². The van der Waals surface area contributed by atoms with Gasteiger partial charge in [0.2, 0.25) is 0 Å². The predicted molar refractivity (Wildman–Crippen MR) is 57.7 cm³/mol. The van der Waals surface area contributed by atoms with Gasteiger partial charge in [-0.1, -0.05) is 0 Å². The first-order chi connectivity index (χ1) is 8.17. The zero-order valence-electron chi connectivity index (χ0n) is 10.5. The summed E-state index contributed by atoms with van der Waals surface area (Å²) in [7, 11) is -4.04. The van der Waals surface area contributed by atoms with Crippen LogP contribution in [0.3, 0.4) is 0 Å². The van der Waals surface area contributed by atoms with Gasteiger partial charge < -0.3 is 18.0 Å². The van der Waals surface area contributed by atoms with Crippen LogP contribution in [0.25, 0.3) is 0 Å². The van der Waals surface area contributed by atoms with Crippen LogP contribution >= 0.6 is 0 Å². The van der Waals surface area contributed by atoms with Crippen molar-refractivity contribution in [2.24, 2.45) is 0 Å². The molecule has 0 amide bonds. The second-order valence-corrected chi connectivity index (χ2v) is 5.51. The zero-order chi connectivity index (χ0) is 14.3. The molecule has 0 aromatic rings. The van der Waals surface area contributed by atoms with Crippen LogP contribution in [-0.4, -0.2) is 38.9 Å². The van der Waals surface area contributed by atoms with Crippen molar-refractivity contribution in [2.45, 2.75) is 27.7 Å². The average molecular weight is 278 g/mol. The zero-order valence-corrected chi connectivity index (χ0v) is 11.5. The van der Waals surface area contributed by atoms with E-state index in [9.17, 15) is 19.2 Å². The molecule has 0 fully saturated rings. The van der Waals surface area contributed by atoms with Crippen molar-refractivity contribution >= 4 is 32.7 Å². The molecule has 18 heavy (non-hydrogen) atoms. The molecule has 0 aromatic heterocycles. The number of carbonyl (C=O) groups is 4. The van der Waals surface area contributed by atoms with E-state index in [-0.39, 0.29) is 0 Å². The maximum Gasteiger partial charge on any atom is 0.745 e. The van der Waals surface area contributed by atoms with Gasteiger partial charge in [-0.2, -0.15) is 0 Å². The third-order valence-corrected chi connectivity index (χ3v) is 3.64. The minimum Gasteiger partial charge on any atom is -0.457 e. The third-order valence-electron chi connectivity index (χ3n) is 1.35. The Morgan fingerprint density at radius 2 is 1.06 bits per heavy atom. The van der Waals surface area contributed by atoms with Gasteiger partial charge in [0.25, 0.3) is 17.9 Å². The highest BCUT2D eigenvalue weighted by Gasteiger charge is 2.54. The van der Waals surface area contributed by atoms with Crippen molar-refractivity contribution in [1.29, 1.82) is 0 Å². The van der Waals surface area contributed by atoms with Crippen LogP contribution in [0.5, 0.6) is 0 Å². The molecule has 0 rings (SSSR count). The predicted octanol–water partition coefficient (Wildman–Crippen LogP) is -0.283. The Labute approximate surface area is 105 Å². The van der Waals surface area contributed by atoms with E-state index in [0.29, 0.717) is 0 Å². The minimum absolute atomic E-state index is 0.610. The first-order valence-corrected chi connectivity index (χ1v) is 6.82. The van der Waals surface area contributed by atoms with Crippen molar-refractivity contribution in [2.75, 3.05) is 6.23 Å². The monoisotopic (exact) mass is 278 g/mol. The highest BCUT2D eigenvalue weighted by molar-refractivity contribution is 6.65. The van der Waals surface area contributed by atoms with Crippen LogP contribution in [0.4, 0.5) is 0 Å². The fraction of sp³-hybridized carbons (Fsp3) is 0.556. The van der Waals surface area contributed by atoms with E-state index in [1.807, 2.05) is 0 Å². The van der Waals surface area contributed by atoms with Crippen LogP contribution in [0, 0.1) is 0 Å². The molecule has 0 atom stereocenters. The van der Waals surface area contributed by atoms with E-state index in [4.69, 9.17) is 13.3 Å². The van der Waals surface area contributed by atoms with Crippen molar-refractivity contribution in [3.8, 4) is 0 Å². The van der Waals surface area contributed by atoms with Gasteiger partial charge in [-0.25, -0.2) is 0 Å². The molecule has 0 saturated heterocycles. The Hall–Kier alpha value is -1.90. The maximum atomic E-state index is 11.0. The summed E-state index contributed by atoms with van der Waals surface area (Å²) in [5.74, 6) is -3.16. The highest BCUT2D eigenvalue weighted by atomic mass is 28.4. The Kier molecular flexibility index (Phi) is 6.03. The lowest BCUT2D eigenvalue weighted by Gasteiger charge is -2.25. The van der Waals surface area contributed by atoms with Crippen LogP contribution in [-0.2, 0) is 37.2 Å². The summed E-state index contributed by atoms with van der Waals surface area (Å²) in [6.45, 7) is 4.24. The molecule has 0 radical (unpaired) electrons. The van der Waals surface area contributed by atoms with Gasteiger partial charge in [0, 0.05) is 27.7 Å². The first-order valence-electron chi connectivity index (χ1n) is 4.89. The third kappa shape index (κ3) is 6.63. The summed E-state index contributed by atoms with van der Waals surface area (Å²) in [5.41, 5.74) is 0. The Bertz CT molecular complexity index is 323. The number of hydrogen-bond donors (Lipinski definition) is 0. The quantitative estimate of drug-likeness (QED) is 0.499. The Balaban J connectivity index is 5.08. The number of hydrogen-bond acceptors (Lipinski definition) is 8. The van der Waals surface area contributed by atoms with Crippen LogP contribution < -0.4 is 0 Å². The first kappa shape index (κ1) is 16.1. The summed E-state index contributed by atoms with van der Waals surface area (Å²) in [6, 6.07) is 0. The standard InChI is InChI=1S/C9H14O8Si/c1-6(10)14-5-18(15-7(2)11,16-8(3)12)17-9(4)13/h5H2,1-4H3. The fourth-order valence-electron chi connectivity index (χ4n) is 0.998. The van der Waals surface area contributed by atoms with Gasteiger partial charge in [0.15, 0.2) is 6.23 Å². The van der Waals surface area contributed by atoms with Gasteiger partial charge >= 0.3 is 14.8 Å². The van der Waals surface area contributed by atoms with Crippen LogP contribution in [0.1, 0.15) is 27.7 Å². The number of carbonyl (C=O) groups excluding carboxylic acids is 4. The minimum atomic E-state index is -4.04. The number of rotatable bonds is 5. The summed E-state index contributed by atoms with van der Waals surface area (Å²) in [5, 5.41) is 0. The van der Waals surface area contributed by atoms with Crippen LogP contribution in [0.15, 0.2) is 0 Å². The molecule has 0 unspecified atom stereocenters. The highest BCUT2D eigenvalue weighted by Crippen LogP contribution is 2.12. The van der Waals surface area contributed by atoms with Crippen molar-refractivity contribution in [1.82, 2.24) is 0 Å². The Morgan fingerprint density at radius 1 is 0.722 bits per heavy atom. The van der Waals surface area contributed by atoms with E-state index >= 15 is 0 Å². The van der Waals surface area contributed by atoms with Gasteiger partial charge in [0.1, 0.15) is 0 Å². The SMILES string of the molecule is CC(=O)OC[Si](OC(C)=O)(OC(C)=O)OC(C)=O. The van der Waals surface area contributed by atoms with Gasteiger partial charge in [-0.15, -0.1) is 0 Å². The van der Waals surface area contributed by atoms with Crippen molar-refractivity contribution in [3.05, 3.63) is 0 Å². The second-order valence-electron chi connectivity index (χ2n) is 3.24. The molecular formula is C9H14O8Si. The number of esters is 1. The largest absolute Gasteiger partial charge is 0.745 e. The van der Waals surface area contributed by atoms with Crippen molar-refractivity contribution < 1.29 is 37.2 Å². The van der Waals surface area contributed by atoms with Gasteiger partial charge in [0.05, 0.1) is 0 Å². The van der Waals surface area contributed by atoms with Gasteiger partial charge in [-0.3, -0.25) is 19.2 Å². The second kappa shape index (κ2) is 6.74. The molecule has 9 heteroatoms. The molecule has 0 aliphatic heterocycles. The fourth-order valence-corrected chi connectivity index (χ4v) is 2.99. The van der Waals surface area contributed by atoms with Crippen LogP contribution in [0.2, 0.25) is 0 Å². The molecule has 0 aliphatic carbocycles. The summed E-state index contributed by atoms with van der Waals surface area (Å²) in [4.78, 5) is 43.6. The molecule has 102 valence electrons. The van der Waals surface area contributed by atoms with E-state index < -0.39 is 38.9 Å². The lowest BCUT2D eigenvalue weighted by atomic mass is 10.8. The summed E-state index contributed by atoms with van der Waals surface area (Å²) in [6.07, 6.45) is -0.610. The molecular weight excluding hydrogens is 264 g/mol. The van der Waals surface area contributed by atoms with E-state index in [2.05, 4.69) is 4.74 Å². The molecule has 0 spiro atoms. The molecule has 0 saturated carbocycles. The van der Waals surface area contributed by atoms with E-state index in [1.54, 1.807) is 0 Å². The van der Waals surface area contributed by atoms with E-state index in [1.165, 1.54) is 0 Å². The number of ether oxygens (including phenoxy) is 1. The molecule has 0 N–H and O–H groups in total.